The number of nitriles is 1. The Kier molecular flexibility index (Phi) is 5.63. The number of aromatic nitrogens is 3. The molecule has 0 aliphatic rings. The zero-order valence-electron chi connectivity index (χ0n) is 15.8. The van der Waals surface area contributed by atoms with Crippen LogP contribution in [0.3, 0.4) is 0 Å². The van der Waals surface area contributed by atoms with Crippen LogP contribution in [-0.2, 0) is 6.61 Å². The summed E-state index contributed by atoms with van der Waals surface area (Å²) in [7, 11) is 1.63. The van der Waals surface area contributed by atoms with Crippen LogP contribution in [0, 0.1) is 11.3 Å². The van der Waals surface area contributed by atoms with Crippen LogP contribution in [0.4, 0.5) is 0 Å². The molecule has 144 valence electrons. The molecule has 3 aromatic carbocycles. The van der Waals surface area contributed by atoms with Gasteiger partial charge in [0, 0.05) is 5.69 Å². The van der Waals surface area contributed by atoms with Crippen LogP contribution in [0.5, 0.6) is 11.5 Å². The summed E-state index contributed by atoms with van der Waals surface area (Å²) >= 11 is 1.34. The number of thioether (sulfide) groups is 1. The van der Waals surface area contributed by atoms with Crippen molar-refractivity contribution in [1.29, 1.82) is 5.26 Å². The maximum atomic E-state index is 8.93. The number of ether oxygens (including phenoxy) is 2. The molecule has 0 unspecified atom stereocenters. The standard InChI is InChI=1S/C22H18N4O2S/c1-27-19-10-7-18(8-11-19)26-21(24-25-22(26)29-13-12-23)15-28-20-9-6-16-4-2-3-5-17(16)14-20/h2-11,14H,13,15H2,1H3. The lowest BCUT2D eigenvalue weighted by molar-refractivity contribution is 0.293. The molecule has 0 saturated carbocycles. The van der Waals surface area contributed by atoms with Gasteiger partial charge in [0.05, 0.1) is 18.9 Å². The van der Waals surface area contributed by atoms with Crippen molar-refractivity contribution in [2.24, 2.45) is 0 Å². The van der Waals surface area contributed by atoms with Gasteiger partial charge in [0.1, 0.15) is 18.1 Å². The number of fused-ring (bicyclic) bond motifs is 1. The number of hydrogen-bond donors (Lipinski definition) is 0. The molecule has 0 saturated heterocycles. The van der Waals surface area contributed by atoms with E-state index in [2.05, 4.69) is 28.4 Å². The molecule has 1 aromatic heterocycles. The highest BCUT2D eigenvalue weighted by atomic mass is 32.2. The predicted molar refractivity (Wildman–Crippen MR) is 113 cm³/mol. The van der Waals surface area contributed by atoms with Crippen LogP contribution < -0.4 is 9.47 Å². The van der Waals surface area contributed by atoms with Crippen LogP contribution in [0.25, 0.3) is 16.5 Å². The lowest BCUT2D eigenvalue weighted by Crippen LogP contribution is -2.06. The maximum Gasteiger partial charge on any atom is 0.196 e. The van der Waals surface area contributed by atoms with Gasteiger partial charge < -0.3 is 9.47 Å². The van der Waals surface area contributed by atoms with Crippen molar-refractivity contribution in [1.82, 2.24) is 14.8 Å². The predicted octanol–water partition coefficient (Wildman–Crippen LogP) is 4.62. The van der Waals surface area contributed by atoms with Gasteiger partial charge in [-0.25, -0.2) is 0 Å². The van der Waals surface area contributed by atoms with E-state index in [-0.39, 0.29) is 6.61 Å². The Morgan fingerprint density at radius 1 is 0.966 bits per heavy atom. The fourth-order valence-corrected chi connectivity index (χ4v) is 3.61. The van der Waals surface area contributed by atoms with Gasteiger partial charge in [-0.05, 0) is 47.2 Å². The summed E-state index contributed by atoms with van der Waals surface area (Å²) in [6.07, 6.45) is 0. The topological polar surface area (TPSA) is 73.0 Å². The van der Waals surface area contributed by atoms with Crippen molar-refractivity contribution in [2.75, 3.05) is 12.9 Å². The number of rotatable bonds is 7. The van der Waals surface area contributed by atoms with E-state index in [0.717, 1.165) is 28.0 Å². The molecule has 4 rings (SSSR count). The second-order valence-corrected chi connectivity index (χ2v) is 7.12. The molecule has 4 aromatic rings. The van der Waals surface area contributed by atoms with Crippen molar-refractivity contribution in [3.05, 3.63) is 72.6 Å². The highest BCUT2D eigenvalue weighted by molar-refractivity contribution is 7.99. The lowest BCUT2D eigenvalue weighted by atomic mass is 10.1. The van der Waals surface area contributed by atoms with Gasteiger partial charge in [0.2, 0.25) is 0 Å². The molecule has 0 radical (unpaired) electrons. The minimum Gasteiger partial charge on any atom is -0.497 e. The summed E-state index contributed by atoms with van der Waals surface area (Å²) in [4.78, 5) is 0. The Morgan fingerprint density at radius 3 is 2.48 bits per heavy atom. The highest BCUT2D eigenvalue weighted by Crippen LogP contribution is 2.25. The number of benzene rings is 3. The van der Waals surface area contributed by atoms with E-state index in [1.165, 1.54) is 11.8 Å². The zero-order chi connectivity index (χ0) is 20.1. The van der Waals surface area contributed by atoms with Crippen molar-refractivity contribution >= 4 is 22.5 Å². The van der Waals surface area contributed by atoms with Crippen LogP contribution in [0.15, 0.2) is 71.9 Å². The molecule has 0 atom stereocenters. The fourth-order valence-electron chi connectivity index (χ4n) is 2.98. The zero-order valence-corrected chi connectivity index (χ0v) is 16.6. The average Bonchev–Trinajstić information content (AvgIpc) is 3.18. The summed E-state index contributed by atoms with van der Waals surface area (Å²) in [6, 6.07) is 23.9. The number of nitrogens with zero attached hydrogens (tertiary/aromatic N) is 4. The summed E-state index contributed by atoms with van der Waals surface area (Å²) < 4.78 is 13.1. The van der Waals surface area contributed by atoms with Gasteiger partial charge in [-0.1, -0.05) is 42.1 Å². The summed E-state index contributed by atoms with van der Waals surface area (Å²) in [5.41, 5.74) is 0.883. The molecule has 0 aliphatic heterocycles. The molecule has 0 bridgehead atoms. The largest absolute Gasteiger partial charge is 0.497 e. The van der Waals surface area contributed by atoms with Gasteiger partial charge in [-0.3, -0.25) is 4.57 Å². The third-order valence-corrected chi connectivity index (χ3v) is 5.18. The second kappa shape index (κ2) is 8.67. The van der Waals surface area contributed by atoms with E-state index >= 15 is 0 Å². The number of methoxy groups -OCH3 is 1. The molecule has 1 heterocycles. The average molecular weight is 402 g/mol. The molecule has 0 spiro atoms. The van der Waals surface area contributed by atoms with Crippen molar-refractivity contribution in [3.63, 3.8) is 0 Å². The molecular formula is C22H18N4O2S. The Balaban J connectivity index is 1.61. The highest BCUT2D eigenvalue weighted by Gasteiger charge is 2.15. The molecule has 0 aliphatic carbocycles. The lowest BCUT2D eigenvalue weighted by Gasteiger charge is -2.11. The van der Waals surface area contributed by atoms with Gasteiger partial charge >= 0.3 is 0 Å². The molecule has 0 N–H and O–H groups in total. The van der Waals surface area contributed by atoms with Crippen LogP contribution >= 0.6 is 11.8 Å². The van der Waals surface area contributed by atoms with Gasteiger partial charge in [0.25, 0.3) is 0 Å². The van der Waals surface area contributed by atoms with Crippen LogP contribution in [-0.4, -0.2) is 27.6 Å². The molecule has 0 amide bonds. The maximum absolute atomic E-state index is 8.93. The van der Waals surface area contributed by atoms with Gasteiger partial charge in [0.15, 0.2) is 11.0 Å². The Morgan fingerprint density at radius 2 is 1.72 bits per heavy atom. The fraction of sp³-hybridized carbons (Fsp3) is 0.136. The van der Waals surface area contributed by atoms with Crippen molar-refractivity contribution < 1.29 is 9.47 Å². The van der Waals surface area contributed by atoms with Gasteiger partial charge in [-0.2, -0.15) is 5.26 Å². The third-order valence-electron chi connectivity index (χ3n) is 4.39. The third kappa shape index (κ3) is 4.18. The molecule has 7 heteroatoms. The van der Waals surface area contributed by atoms with Crippen LogP contribution in [0.1, 0.15) is 5.82 Å². The smallest absolute Gasteiger partial charge is 0.196 e. The normalized spacial score (nSPS) is 10.6. The first-order valence-electron chi connectivity index (χ1n) is 8.98. The van der Waals surface area contributed by atoms with E-state index in [4.69, 9.17) is 14.7 Å². The SMILES string of the molecule is COc1ccc(-n2c(COc3ccc4ccccc4c3)nnc2SCC#N)cc1. The molecule has 29 heavy (non-hydrogen) atoms. The second-order valence-electron chi connectivity index (χ2n) is 6.18. The monoisotopic (exact) mass is 402 g/mol. The number of hydrogen-bond acceptors (Lipinski definition) is 6. The first-order valence-corrected chi connectivity index (χ1v) is 9.97. The van der Waals surface area contributed by atoms with Crippen molar-refractivity contribution in [2.45, 2.75) is 11.8 Å². The Labute approximate surface area is 172 Å². The van der Waals surface area contributed by atoms with E-state index in [9.17, 15) is 0 Å². The molecule has 6 nitrogen and oxygen atoms in total. The summed E-state index contributed by atoms with van der Waals surface area (Å²) in [5, 5.41) is 20.4. The van der Waals surface area contributed by atoms with Crippen LogP contribution in [0.2, 0.25) is 0 Å². The minimum atomic E-state index is 0.254. The van der Waals surface area contributed by atoms with Gasteiger partial charge in [-0.15, -0.1) is 10.2 Å². The first kappa shape index (κ1) is 18.8. The Bertz CT molecular complexity index is 1170. The minimum absolute atomic E-state index is 0.254. The van der Waals surface area contributed by atoms with E-state index < -0.39 is 0 Å². The molecule has 0 fully saturated rings. The first-order chi connectivity index (χ1) is 14.3. The van der Waals surface area contributed by atoms with E-state index in [1.54, 1.807) is 7.11 Å². The summed E-state index contributed by atoms with van der Waals surface area (Å²) in [6.45, 7) is 0.254. The van der Waals surface area contributed by atoms with Crippen molar-refractivity contribution in [3.8, 4) is 23.3 Å². The molecular weight excluding hydrogens is 384 g/mol. The summed E-state index contributed by atoms with van der Waals surface area (Å²) in [5.74, 6) is 2.48. The quantitative estimate of drug-likeness (QED) is 0.420. The van der Waals surface area contributed by atoms with E-state index in [1.807, 2.05) is 59.2 Å². The van der Waals surface area contributed by atoms with E-state index in [0.29, 0.717) is 16.7 Å². The Hall–Kier alpha value is -3.50.